The van der Waals surface area contributed by atoms with E-state index in [1.165, 1.54) is 0 Å². The van der Waals surface area contributed by atoms with Gasteiger partial charge in [0.2, 0.25) is 0 Å². The summed E-state index contributed by atoms with van der Waals surface area (Å²) in [6, 6.07) is 1.84. The lowest BCUT2D eigenvalue weighted by molar-refractivity contribution is 0.0438. The standard InChI is InChI=1S/C16H25N3O2/c1-3-8-18-14-5-9-17-12-13(14)15(20)19-10-4-6-16(2,21)7-11-19/h5,9,12,21H,3-4,6-8,10-11H2,1-2H3,(H,17,18). The summed E-state index contributed by atoms with van der Waals surface area (Å²) < 4.78 is 0. The molecule has 21 heavy (non-hydrogen) atoms. The van der Waals surface area contributed by atoms with Crippen molar-refractivity contribution in [3.63, 3.8) is 0 Å². The Bertz CT molecular complexity index is 488. The van der Waals surface area contributed by atoms with Gasteiger partial charge in [0.25, 0.3) is 5.91 Å². The molecule has 1 unspecified atom stereocenters. The van der Waals surface area contributed by atoms with Gasteiger partial charge in [-0.05, 0) is 38.7 Å². The fourth-order valence-electron chi connectivity index (χ4n) is 2.62. The molecule has 1 amide bonds. The number of nitrogens with zero attached hydrogens (tertiary/aromatic N) is 2. The van der Waals surface area contributed by atoms with Crippen molar-refractivity contribution in [3.05, 3.63) is 24.0 Å². The maximum atomic E-state index is 12.7. The Morgan fingerprint density at radius 3 is 3.05 bits per heavy atom. The zero-order chi connectivity index (χ0) is 15.3. The quantitative estimate of drug-likeness (QED) is 0.893. The third-order valence-electron chi connectivity index (χ3n) is 3.97. The SMILES string of the molecule is CCCNc1ccncc1C(=O)N1CCCC(C)(O)CC1. The Kier molecular flexibility index (Phi) is 5.17. The van der Waals surface area contributed by atoms with Crippen molar-refractivity contribution in [2.24, 2.45) is 0 Å². The van der Waals surface area contributed by atoms with E-state index in [2.05, 4.69) is 17.2 Å². The summed E-state index contributed by atoms with van der Waals surface area (Å²) >= 11 is 0. The summed E-state index contributed by atoms with van der Waals surface area (Å²) in [7, 11) is 0. The van der Waals surface area contributed by atoms with Gasteiger partial charge in [0.05, 0.1) is 16.9 Å². The molecule has 116 valence electrons. The molecule has 0 saturated carbocycles. The summed E-state index contributed by atoms with van der Waals surface area (Å²) in [5.41, 5.74) is 0.799. The molecule has 0 radical (unpaired) electrons. The van der Waals surface area contributed by atoms with Gasteiger partial charge in [0, 0.05) is 32.0 Å². The number of carbonyl (C=O) groups is 1. The normalized spacial score (nSPS) is 22.7. The highest BCUT2D eigenvalue weighted by molar-refractivity contribution is 5.99. The van der Waals surface area contributed by atoms with Crippen molar-refractivity contribution >= 4 is 11.6 Å². The van der Waals surface area contributed by atoms with Crippen LogP contribution in [-0.4, -0.2) is 46.1 Å². The van der Waals surface area contributed by atoms with Crippen molar-refractivity contribution in [2.75, 3.05) is 25.0 Å². The molecule has 1 saturated heterocycles. The number of hydrogen-bond acceptors (Lipinski definition) is 4. The predicted octanol–water partition coefficient (Wildman–Crippen LogP) is 2.28. The number of rotatable bonds is 4. The van der Waals surface area contributed by atoms with Gasteiger partial charge in [-0.25, -0.2) is 0 Å². The van der Waals surface area contributed by atoms with Crippen LogP contribution in [0.4, 0.5) is 5.69 Å². The molecule has 1 aromatic rings. The second-order valence-electron chi connectivity index (χ2n) is 5.99. The number of aromatic nitrogens is 1. The van der Waals surface area contributed by atoms with Crippen LogP contribution < -0.4 is 5.32 Å². The third kappa shape index (κ3) is 4.17. The second kappa shape index (κ2) is 6.89. The predicted molar refractivity (Wildman–Crippen MR) is 83.4 cm³/mol. The molecule has 1 aliphatic heterocycles. The van der Waals surface area contributed by atoms with Crippen LogP contribution in [0.5, 0.6) is 0 Å². The van der Waals surface area contributed by atoms with Gasteiger partial charge in [-0.3, -0.25) is 9.78 Å². The smallest absolute Gasteiger partial charge is 0.257 e. The number of carbonyl (C=O) groups excluding carboxylic acids is 1. The third-order valence-corrected chi connectivity index (χ3v) is 3.97. The van der Waals surface area contributed by atoms with Gasteiger partial charge in [0.1, 0.15) is 0 Å². The van der Waals surface area contributed by atoms with Crippen molar-refractivity contribution in [3.8, 4) is 0 Å². The molecule has 0 spiro atoms. The molecule has 5 nitrogen and oxygen atoms in total. The Morgan fingerprint density at radius 1 is 1.48 bits per heavy atom. The first-order valence-electron chi connectivity index (χ1n) is 7.73. The second-order valence-corrected chi connectivity index (χ2v) is 5.99. The summed E-state index contributed by atoms with van der Waals surface area (Å²) in [5.74, 6) is -0.000553. The van der Waals surface area contributed by atoms with Gasteiger partial charge in [-0.2, -0.15) is 0 Å². The molecule has 2 N–H and O–H groups in total. The first-order chi connectivity index (χ1) is 10.0. The summed E-state index contributed by atoms with van der Waals surface area (Å²) in [5, 5.41) is 13.4. The lowest BCUT2D eigenvalue weighted by atomic mass is 9.98. The van der Waals surface area contributed by atoms with Crippen molar-refractivity contribution < 1.29 is 9.90 Å². The van der Waals surface area contributed by atoms with Gasteiger partial charge < -0.3 is 15.3 Å². The largest absolute Gasteiger partial charge is 0.390 e. The topological polar surface area (TPSA) is 65.5 Å². The average Bonchev–Trinajstić information content (AvgIpc) is 2.65. The van der Waals surface area contributed by atoms with Crippen molar-refractivity contribution in [1.82, 2.24) is 9.88 Å². The van der Waals surface area contributed by atoms with Crippen molar-refractivity contribution in [2.45, 2.75) is 45.1 Å². The fraction of sp³-hybridized carbons (Fsp3) is 0.625. The Labute approximate surface area is 126 Å². The maximum Gasteiger partial charge on any atom is 0.257 e. The molecular weight excluding hydrogens is 266 g/mol. The van der Waals surface area contributed by atoms with Crippen LogP contribution in [0.3, 0.4) is 0 Å². The van der Waals surface area contributed by atoms with E-state index in [9.17, 15) is 9.90 Å². The number of likely N-dealkylation sites (tertiary alicyclic amines) is 1. The van der Waals surface area contributed by atoms with Crippen LogP contribution in [0.1, 0.15) is 49.9 Å². The molecule has 2 rings (SSSR count). The molecule has 1 fully saturated rings. The van der Waals surface area contributed by atoms with Crippen LogP contribution in [-0.2, 0) is 0 Å². The Hall–Kier alpha value is -1.62. The molecule has 0 bridgehead atoms. The zero-order valence-corrected chi connectivity index (χ0v) is 12.9. The fourth-order valence-corrected chi connectivity index (χ4v) is 2.62. The van der Waals surface area contributed by atoms with E-state index in [-0.39, 0.29) is 5.91 Å². The number of pyridine rings is 1. The van der Waals surface area contributed by atoms with E-state index in [0.717, 1.165) is 31.5 Å². The zero-order valence-electron chi connectivity index (χ0n) is 12.9. The first-order valence-corrected chi connectivity index (χ1v) is 7.73. The van der Waals surface area contributed by atoms with Gasteiger partial charge in [-0.15, -0.1) is 0 Å². The maximum absolute atomic E-state index is 12.7. The van der Waals surface area contributed by atoms with Crippen LogP contribution >= 0.6 is 0 Å². The van der Waals surface area contributed by atoms with Crippen LogP contribution in [0.25, 0.3) is 0 Å². The minimum atomic E-state index is -0.659. The lowest BCUT2D eigenvalue weighted by Crippen LogP contribution is -2.34. The highest BCUT2D eigenvalue weighted by Crippen LogP contribution is 2.24. The Balaban J connectivity index is 2.12. The monoisotopic (exact) mass is 291 g/mol. The molecule has 1 aromatic heterocycles. The number of aliphatic hydroxyl groups is 1. The highest BCUT2D eigenvalue weighted by atomic mass is 16.3. The van der Waals surface area contributed by atoms with Gasteiger partial charge >= 0.3 is 0 Å². The summed E-state index contributed by atoms with van der Waals surface area (Å²) in [4.78, 5) is 18.6. The van der Waals surface area contributed by atoms with Gasteiger partial charge in [-0.1, -0.05) is 6.92 Å². The molecular formula is C16H25N3O2. The number of amides is 1. The minimum Gasteiger partial charge on any atom is -0.390 e. The minimum absolute atomic E-state index is 0.000553. The Morgan fingerprint density at radius 2 is 2.29 bits per heavy atom. The number of hydrogen-bond donors (Lipinski definition) is 2. The van der Waals surface area contributed by atoms with Crippen LogP contribution in [0.15, 0.2) is 18.5 Å². The van der Waals surface area contributed by atoms with E-state index >= 15 is 0 Å². The lowest BCUT2D eigenvalue weighted by Gasteiger charge is -2.23. The number of nitrogens with one attached hydrogen (secondary N) is 1. The summed E-state index contributed by atoms with van der Waals surface area (Å²) in [6.07, 6.45) is 6.52. The average molecular weight is 291 g/mol. The van der Waals surface area contributed by atoms with E-state index < -0.39 is 5.60 Å². The molecule has 0 aromatic carbocycles. The highest BCUT2D eigenvalue weighted by Gasteiger charge is 2.28. The number of anilines is 1. The molecule has 1 atom stereocenters. The van der Waals surface area contributed by atoms with Crippen LogP contribution in [0.2, 0.25) is 0 Å². The van der Waals surface area contributed by atoms with E-state index in [1.807, 2.05) is 17.9 Å². The molecule has 5 heteroatoms. The molecule has 0 aliphatic carbocycles. The molecule has 1 aliphatic rings. The summed E-state index contributed by atoms with van der Waals surface area (Å²) in [6.45, 7) is 6.05. The van der Waals surface area contributed by atoms with E-state index in [0.29, 0.717) is 25.1 Å². The van der Waals surface area contributed by atoms with E-state index in [1.54, 1.807) is 12.4 Å². The van der Waals surface area contributed by atoms with Gasteiger partial charge in [0.15, 0.2) is 0 Å². The van der Waals surface area contributed by atoms with Crippen LogP contribution in [0, 0.1) is 0 Å². The van der Waals surface area contributed by atoms with Crippen molar-refractivity contribution in [1.29, 1.82) is 0 Å². The van der Waals surface area contributed by atoms with E-state index in [4.69, 9.17) is 0 Å². The first kappa shape index (κ1) is 15.8. The molecule has 2 heterocycles.